The van der Waals surface area contributed by atoms with E-state index >= 15 is 0 Å². The van der Waals surface area contributed by atoms with Crippen LogP contribution in [0.4, 0.5) is 17.1 Å². The van der Waals surface area contributed by atoms with E-state index in [9.17, 15) is 0 Å². The first-order chi connectivity index (χ1) is 26.3. The second-order valence-electron chi connectivity index (χ2n) is 13.8. The van der Waals surface area contributed by atoms with Crippen LogP contribution in [0.25, 0.3) is 82.2 Å². The molecule has 0 N–H and O–H groups in total. The topological polar surface area (TPSA) is 20.8 Å². The first-order valence-electron chi connectivity index (χ1n) is 18.1. The summed E-state index contributed by atoms with van der Waals surface area (Å²) in [5, 5.41) is 8.18. The van der Waals surface area contributed by atoms with E-state index in [4.69, 9.17) is 4.42 Å². The fourth-order valence-corrected chi connectivity index (χ4v) is 8.31. The lowest BCUT2D eigenvalue weighted by atomic mass is 10.0. The summed E-state index contributed by atoms with van der Waals surface area (Å²) >= 11 is 0. The van der Waals surface area contributed by atoms with E-state index in [1.807, 2.05) is 6.07 Å². The molecule has 0 bridgehead atoms. The molecular formula is C50H32N2O. The van der Waals surface area contributed by atoms with Crippen LogP contribution in [0.5, 0.6) is 0 Å². The fourth-order valence-electron chi connectivity index (χ4n) is 8.31. The maximum absolute atomic E-state index is 6.67. The van der Waals surface area contributed by atoms with Gasteiger partial charge >= 0.3 is 0 Å². The van der Waals surface area contributed by atoms with Crippen molar-refractivity contribution >= 4 is 77.0 Å². The molecule has 3 nitrogen and oxygen atoms in total. The normalized spacial score (nSPS) is 11.8. The van der Waals surface area contributed by atoms with Gasteiger partial charge in [-0.3, -0.25) is 0 Å². The summed E-state index contributed by atoms with van der Waals surface area (Å²) in [6.07, 6.45) is 2.33. The molecule has 0 aliphatic heterocycles. The van der Waals surface area contributed by atoms with E-state index in [0.717, 1.165) is 50.0 Å². The third-order valence-electron chi connectivity index (χ3n) is 10.7. The first-order valence-corrected chi connectivity index (χ1v) is 18.1. The molecule has 3 heterocycles. The van der Waals surface area contributed by atoms with Gasteiger partial charge < -0.3 is 13.7 Å². The first kappa shape index (κ1) is 29.6. The van der Waals surface area contributed by atoms with Crippen LogP contribution >= 0.6 is 0 Å². The molecular weight excluding hydrogens is 645 g/mol. The quantitative estimate of drug-likeness (QED) is 0.181. The largest absolute Gasteiger partial charge is 0.456 e. The number of aromatic nitrogens is 1. The highest BCUT2D eigenvalue weighted by atomic mass is 16.3. The minimum atomic E-state index is 0.861. The molecule has 248 valence electrons. The molecule has 0 radical (unpaired) electrons. The molecule has 11 rings (SSSR count). The van der Waals surface area contributed by atoms with Gasteiger partial charge in [-0.1, -0.05) is 133 Å². The smallest absolute Gasteiger partial charge is 0.137 e. The van der Waals surface area contributed by atoms with Gasteiger partial charge in [-0.25, -0.2) is 0 Å². The van der Waals surface area contributed by atoms with Gasteiger partial charge in [0.25, 0.3) is 0 Å². The summed E-state index contributed by atoms with van der Waals surface area (Å²) in [7, 11) is 0. The number of furan rings is 1. The van der Waals surface area contributed by atoms with Crippen LogP contribution in [0.2, 0.25) is 0 Å². The third-order valence-corrected chi connectivity index (χ3v) is 10.7. The Kier molecular flexibility index (Phi) is 6.55. The lowest BCUT2D eigenvalue weighted by Gasteiger charge is -2.28. The molecule has 0 saturated carbocycles. The van der Waals surface area contributed by atoms with Crippen LogP contribution in [0.15, 0.2) is 199 Å². The molecule has 0 saturated heterocycles. The fraction of sp³-hybridized carbons (Fsp3) is 0. The van der Waals surface area contributed by atoms with E-state index < -0.39 is 0 Å². The Hall–Kier alpha value is -7.10. The Morgan fingerprint density at radius 3 is 1.81 bits per heavy atom. The molecule has 0 aliphatic carbocycles. The minimum Gasteiger partial charge on any atom is -0.456 e. The Bertz CT molecular complexity index is 3170. The van der Waals surface area contributed by atoms with Crippen molar-refractivity contribution in [3.05, 3.63) is 194 Å². The summed E-state index contributed by atoms with van der Waals surface area (Å²) in [5.41, 5.74) is 12.2. The molecule has 0 unspecified atom stereocenters. The number of rotatable bonds is 5. The second-order valence-corrected chi connectivity index (χ2v) is 13.8. The van der Waals surface area contributed by atoms with Gasteiger partial charge in [0.1, 0.15) is 11.2 Å². The summed E-state index contributed by atoms with van der Waals surface area (Å²) in [6.45, 7) is 0. The number of fused-ring (bicyclic) bond motifs is 8. The zero-order valence-electron chi connectivity index (χ0n) is 28.8. The van der Waals surface area contributed by atoms with Crippen molar-refractivity contribution in [2.45, 2.75) is 0 Å². The van der Waals surface area contributed by atoms with Crippen molar-refractivity contribution in [1.82, 2.24) is 4.40 Å². The maximum atomic E-state index is 6.67. The van der Waals surface area contributed by atoms with Crippen molar-refractivity contribution in [3.8, 4) is 22.3 Å². The molecule has 8 aromatic carbocycles. The van der Waals surface area contributed by atoms with Gasteiger partial charge in [-0.2, -0.15) is 0 Å². The third kappa shape index (κ3) is 4.68. The molecule has 0 aliphatic rings. The van der Waals surface area contributed by atoms with Gasteiger partial charge in [0.2, 0.25) is 0 Å². The highest BCUT2D eigenvalue weighted by Gasteiger charge is 2.21. The van der Waals surface area contributed by atoms with E-state index in [1.165, 1.54) is 49.3 Å². The number of hydrogen-bond donors (Lipinski definition) is 0. The number of benzene rings is 8. The van der Waals surface area contributed by atoms with Crippen LogP contribution in [0, 0.1) is 0 Å². The Morgan fingerprint density at radius 2 is 1.00 bits per heavy atom. The zero-order chi connectivity index (χ0) is 34.9. The number of nitrogens with zero attached hydrogens (tertiary/aromatic N) is 2. The predicted molar refractivity (Wildman–Crippen MR) is 223 cm³/mol. The standard InChI is InChI=1S/C50H32N2O/c1-3-13-33(14-4-1)36-25-27-40-41-28-26-38(31-49(41)53-48(40)30-36)52(45-23-11-18-34-15-7-8-20-39(34)45)46-24-12-19-37-29-47-50(35-16-5-2-6-17-35)42-21-9-10-22-44(42)51(47)32-43(37)46/h1-32H. The average molecular weight is 677 g/mol. The monoisotopic (exact) mass is 676 g/mol. The maximum Gasteiger partial charge on any atom is 0.137 e. The molecule has 11 aromatic rings. The highest BCUT2D eigenvalue weighted by Crippen LogP contribution is 2.45. The van der Waals surface area contributed by atoms with Gasteiger partial charge in [0.15, 0.2) is 0 Å². The van der Waals surface area contributed by atoms with Gasteiger partial charge in [0.05, 0.1) is 22.4 Å². The molecule has 0 fully saturated rings. The summed E-state index contributed by atoms with van der Waals surface area (Å²) in [6, 6.07) is 67.4. The number of para-hydroxylation sites is 1. The van der Waals surface area contributed by atoms with Crippen LogP contribution in [0.1, 0.15) is 0 Å². The van der Waals surface area contributed by atoms with Gasteiger partial charge in [-0.05, 0) is 76.0 Å². The van der Waals surface area contributed by atoms with Crippen LogP contribution < -0.4 is 4.90 Å². The van der Waals surface area contributed by atoms with E-state index in [0.29, 0.717) is 0 Å². The zero-order valence-corrected chi connectivity index (χ0v) is 28.8. The van der Waals surface area contributed by atoms with Crippen LogP contribution in [-0.2, 0) is 0 Å². The molecule has 3 heteroatoms. The van der Waals surface area contributed by atoms with Crippen LogP contribution in [-0.4, -0.2) is 4.40 Å². The van der Waals surface area contributed by atoms with Crippen molar-refractivity contribution in [2.24, 2.45) is 0 Å². The van der Waals surface area contributed by atoms with Crippen molar-refractivity contribution in [1.29, 1.82) is 0 Å². The lowest BCUT2D eigenvalue weighted by Crippen LogP contribution is -2.11. The Balaban J connectivity index is 1.16. The van der Waals surface area contributed by atoms with Crippen molar-refractivity contribution in [2.75, 3.05) is 4.90 Å². The number of hydrogen-bond acceptors (Lipinski definition) is 2. The second kappa shape index (κ2) is 11.7. The summed E-state index contributed by atoms with van der Waals surface area (Å²) in [5.74, 6) is 0. The molecule has 0 spiro atoms. The number of anilines is 3. The lowest BCUT2D eigenvalue weighted by molar-refractivity contribution is 0.669. The molecule has 0 atom stereocenters. The number of pyridine rings is 1. The highest BCUT2D eigenvalue weighted by molar-refractivity contribution is 6.12. The Labute approximate surface area is 306 Å². The minimum absolute atomic E-state index is 0.861. The van der Waals surface area contributed by atoms with Gasteiger partial charge in [-0.15, -0.1) is 0 Å². The SMILES string of the molecule is c1ccc(-c2ccc3c(c2)oc2cc(N(c4cccc5ccccc45)c4cccc5cc6c(-c7ccccc7)c7ccccc7n6cc45)ccc23)cc1. The van der Waals surface area contributed by atoms with E-state index in [-0.39, 0.29) is 0 Å². The molecule has 53 heavy (non-hydrogen) atoms. The van der Waals surface area contributed by atoms with E-state index in [1.54, 1.807) is 0 Å². The molecule has 0 amide bonds. The van der Waals surface area contributed by atoms with Crippen molar-refractivity contribution in [3.63, 3.8) is 0 Å². The predicted octanol–water partition coefficient (Wildman–Crippen LogP) is 14.1. The van der Waals surface area contributed by atoms with Crippen LogP contribution in [0.3, 0.4) is 0 Å². The Morgan fingerprint density at radius 1 is 0.377 bits per heavy atom. The van der Waals surface area contributed by atoms with E-state index in [2.05, 4.69) is 197 Å². The summed E-state index contributed by atoms with van der Waals surface area (Å²) < 4.78 is 9.04. The summed E-state index contributed by atoms with van der Waals surface area (Å²) in [4.78, 5) is 2.41. The van der Waals surface area contributed by atoms with Gasteiger partial charge in [0, 0.05) is 50.4 Å². The molecule has 3 aromatic heterocycles. The average Bonchev–Trinajstić information content (AvgIpc) is 3.75. The van der Waals surface area contributed by atoms with Crippen molar-refractivity contribution < 1.29 is 4.42 Å².